The second-order valence-electron chi connectivity index (χ2n) is 2.66. The minimum absolute atomic E-state index is 0.465. The van der Waals surface area contributed by atoms with Gasteiger partial charge in [0.1, 0.15) is 11.5 Å². The van der Waals surface area contributed by atoms with Gasteiger partial charge in [0, 0.05) is 6.08 Å². The summed E-state index contributed by atoms with van der Waals surface area (Å²) in [6.45, 7) is 0. The number of allylic oxidation sites excluding steroid dienone is 1. The summed E-state index contributed by atoms with van der Waals surface area (Å²) < 4.78 is 5.26. The summed E-state index contributed by atoms with van der Waals surface area (Å²) in [5, 5.41) is 8.40. The van der Waals surface area contributed by atoms with Gasteiger partial charge in [-0.2, -0.15) is 0 Å². The summed E-state index contributed by atoms with van der Waals surface area (Å²) in [7, 11) is 0. The fourth-order valence-electron chi connectivity index (χ4n) is 0.908. The van der Waals surface area contributed by atoms with Crippen LogP contribution in [-0.4, -0.2) is 11.1 Å². The number of furan rings is 1. The van der Waals surface area contributed by atoms with E-state index in [1.54, 1.807) is 24.3 Å². The Bertz CT molecular complexity index is 528. The summed E-state index contributed by atoms with van der Waals surface area (Å²) in [6, 6.07) is 3.36. The number of carbonyl (C=O) groups is 1. The first-order chi connectivity index (χ1) is 7.72. The van der Waals surface area contributed by atoms with Crippen molar-refractivity contribution in [2.75, 3.05) is 0 Å². The van der Waals surface area contributed by atoms with Gasteiger partial charge in [0.2, 0.25) is 0 Å². The molecule has 3 nitrogen and oxygen atoms in total. The third kappa shape index (κ3) is 4.04. The zero-order chi connectivity index (χ0) is 11.8. The van der Waals surface area contributed by atoms with Crippen LogP contribution in [0.1, 0.15) is 11.5 Å². The molecule has 0 aromatic carbocycles. The molecule has 78 valence electrons. The molecule has 0 atom stereocenters. The number of carboxylic acids is 1. The molecule has 0 radical (unpaired) electrons. The third-order valence-electron chi connectivity index (χ3n) is 1.51. The molecule has 1 heterocycles. The lowest BCUT2D eigenvalue weighted by Gasteiger charge is -1.83. The molecule has 1 aromatic heterocycles. The fourth-order valence-corrected chi connectivity index (χ4v) is 0.908. The normalized spacial score (nSPS) is 9.94. The summed E-state index contributed by atoms with van der Waals surface area (Å²) in [5.74, 6) is 7.22. The van der Waals surface area contributed by atoms with Crippen molar-refractivity contribution in [3.05, 3.63) is 35.8 Å². The fraction of sp³-hybridized carbons (Fsp3) is 0. The molecule has 0 amide bonds. The lowest BCUT2D eigenvalue weighted by Crippen LogP contribution is -1.84. The van der Waals surface area contributed by atoms with Crippen LogP contribution in [0.15, 0.2) is 28.7 Å². The maximum absolute atomic E-state index is 10.2. The van der Waals surface area contributed by atoms with Gasteiger partial charge in [-0.25, -0.2) is 4.79 Å². The van der Waals surface area contributed by atoms with E-state index in [-0.39, 0.29) is 0 Å². The largest absolute Gasteiger partial charge is 0.478 e. The third-order valence-corrected chi connectivity index (χ3v) is 1.51. The number of rotatable bonds is 3. The molecule has 16 heavy (non-hydrogen) atoms. The van der Waals surface area contributed by atoms with Crippen molar-refractivity contribution in [1.82, 2.24) is 0 Å². The topological polar surface area (TPSA) is 50.4 Å². The Morgan fingerprint density at radius 3 is 2.69 bits per heavy atom. The zero-order valence-electron chi connectivity index (χ0n) is 8.31. The van der Waals surface area contributed by atoms with Gasteiger partial charge in [0.05, 0.1) is 0 Å². The number of terminal acetylenes is 1. The van der Waals surface area contributed by atoms with Gasteiger partial charge in [-0.1, -0.05) is 5.92 Å². The molecule has 1 aromatic rings. The summed E-state index contributed by atoms with van der Waals surface area (Å²) in [5.41, 5.74) is 0. The highest BCUT2D eigenvalue weighted by Gasteiger charge is 1.95. The van der Waals surface area contributed by atoms with Gasteiger partial charge in [0.15, 0.2) is 0 Å². The Hall–Kier alpha value is -2.65. The van der Waals surface area contributed by atoms with E-state index < -0.39 is 5.97 Å². The van der Waals surface area contributed by atoms with Crippen molar-refractivity contribution < 1.29 is 14.3 Å². The predicted molar refractivity (Wildman–Crippen MR) is 61.0 cm³/mol. The maximum Gasteiger partial charge on any atom is 0.328 e. The molecule has 0 saturated carbocycles. The molecule has 0 aliphatic carbocycles. The first kappa shape index (κ1) is 11.4. The van der Waals surface area contributed by atoms with Crippen LogP contribution in [-0.2, 0) is 4.79 Å². The lowest BCUT2D eigenvalue weighted by atomic mass is 10.3. The van der Waals surface area contributed by atoms with E-state index in [0.717, 1.165) is 6.08 Å². The Kier molecular flexibility index (Phi) is 4.25. The maximum atomic E-state index is 10.2. The average Bonchev–Trinajstić information content (AvgIpc) is 2.70. The summed E-state index contributed by atoms with van der Waals surface area (Å²) in [4.78, 5) is 10.2. The smallest absolute Gasteiger partial charge is 0.328 e. The van der Waals surface area contributed by atoms with Gasteiger partial charge in [-0.15, -0.1) is 6.42 Å². The number of carboxylic acid groups (broad SMARTS) is 1. The highest BCUT2D eigenvalue weighted by Crippen LogP contribution is 2.10. The van der Waals surface area contributed by atoms with Crippen LogP contribution >= 0.6 is 0 Å². The Morgan fingerprint density at radius 1 is 1.38 bits per heavy atom. The molecule has 0 bridgehead atoms. The van der Waals surface area contributed by atoms with Crippen molar-refractivity contribution in [2.45, 2.75) is 0 Å². The minimum atomic E-state index is -1.02. The van der Waals surface area contributed by atoms with Crippen molar-refractivity contribution in [1.29, 1.82) is 0 Å². The molecule has 0 aliphatic heterocycles. The van der Waals surface area contributed by atoms with E-state index in [4.69, 9.17) is 15.9 Å². The zero-order valence-corrected chi connectivity index (χ0v) is 8.31. The first-order valence-electron chi connectivity index (χ1n) is 4.36. The highest BCUT2D eigenvalue weighted by atomic mass is 16.4. The van der Waals surface area contributed by atoms with E-state index in [1.807, 2.05) is 0 Å². The highest BCUT2D eigenvalue weighted by molar-refractivity contribution is 5.84. The van der Waals surface area contributed by atoms with E-state index >= 15 is 0 Å². The van der Waals surface area contributed by atoms with Crippen LogP contribution in [0.3, 0.4) is 0 Å². The van der Waals surface area contributed by atoms with Crippen LogP contribution < -0.4 is 0 Å². The van der Waals surface area contributed by atoms with E-state index in [9.17, 15) is 4.79 Å². The van der Waals surface area contributed by atoms with Crippen LogP contribution in [0.25, 0.3) is 12.2 Å². The number of hydrogen-bond acceptors (Lipinski definition) is 2. The molecule has 0 saturated heterocycles. The molecule has 3 heteroatoms. The van der Waals surface area contributed by atoms with Crippen molar-refractivity contribution >= 4 is 18.1 Å². The molecule has 0 aliphatic rings. The van der Waals surface area contributed by atoms with Crippen LogP contribution in [0.2, 0.25) is 0 Å². The Labute approximate surface area is 93.1 Å². The van der Waals surface area contributed by atoms with Gasteiger partial charge >= 0.3 is 5.97 Å². The minimum Gasteiger partial charge on any atom is -0.478 e. The van der Waals surface area contributed by atoms with Gasteiger partial charge < -0.3 is 9.52 Å². The second-order valence-corrected chi connectivity index (χ2v) is 2.66. The standard InChI is InChI=1S/C13H8O3/c1-2-3-4-5-6-11-7-8-12(16-11)9-10-13(14)15/h1,5-10H,(H,14,15)/b6-5+,10-9+. The molecule has 0 unspecified atom stereocenters. The first-order valence-corrected chi connectivity index (χ1v) is 4.36. The molecule has 0 spiro atoms. The number of hydrogen-bond donors (Lipinski definition) is 1. The molecule has 1 rings (SSSR count). The Balaban J connectivity index is 2.69. The Morgan fingerprint density at radius 2 is 2.06 bits per heavy atom. The predicted octanol–water partition coefficient (Wildman–Crippen LogP) is 2.03. The summed E-state index contributed by atoms with van der Waals surface area (Å²) >= 11 is 0. The van der Waals surface area contributed by atoms with Crippen LogP contribution in [0.5, 0.6) is 0 Å². The van der Waals surface area contributed by atoms with Gasteiger partial charge in [0.25, 0.3) is 0 Å². The average molecular weight is 212 g/mol. The van der Waals surface area contributed by atoms with Gasteiger partial charge in [-0.3, -0.25) is 0 Å². The van der Waals surface area contributed by atoms with E-state index in [1.165, 1.54) is 6.08 Å². The molecular formula is C13H8O3. The van der Waals surface area contributed by atoms with Gasteiger partial charge in [-0.05, 0) is 42.2 Å². The molecule has 0 fully saturated rings. The van der Waals surface area contributed by atoms with Crippen molar-refractivity contribution in [3.8, 4) is 24.2 Å². The lowest BCUT2D eigenvalue weighted by molar-refractivity contribution is -0.131. The number of aliphatic carboxylic acids is 1. The van der Waals surface area contributed by atoms with E-state index in [2.05, 4.69) is 17.8 Å². The van der Waals surface area contributed by atoms with E-state index in [0.29, 0.717) is 11.5 Å². The second kappa shape index (κ2) is 5.95. The summed E-state index contributed by atoms with van der Waals surface area (Å²) in [6.07, 6.45) is 10.5. The monoisotopic (exact) mass is 212 g/mol. The van der Waals surface area contributed by atoms with Crippen molar-refractivity contribution in [3.63, 3.8) is 0 Å². The van der Waals surface area contributed by atoms with Crippen molar-refractivity contribution in [2.24, 2.45) is 0 Å². The van der Waals surface area contributed by atoms with Crippen LogP contribution in [0, 0.1) is 24.2 Å². The molecular weight excluding hydrogens is 204 g/mol. The SMILES string of the molecule is C#CC#C/C=C/c1ccc(/C=C/C(=O)O)o1. The molecule has 1 N–H and O–H groups in total. The quantitative estimate of drug-likeness (QED) is 0.616. The van der Waals surface area contributed by atoms with Crippen LogP contribution in [0.4, 0.5) is 0 Å².